The number of alkyl halides is 3. The lowest BCUT2D eigenvalue weighted by Crippen LogP contribution is -2.18. The van der Waals surface area contributed by atoms with E-state index in [4.69, 9.17) is 4.74 Å². The maximum Gasteiger partial charge on any atom is 0.416 e. The summed E-state index contributed by atoms with van der Waals surface area (Å²) in [4.78, 5) is 12.3. The number of nitrogens with zero attached hydrogens (tertiary/aromatic N) is 2. The molecule has 0 fully saturated rings. The normalized spacial score (nSPS) is 11.6. The van der Waals surface area contributed by atoms with Crippen LogP contribution in [0.1, 0.15) is 38.4 Å². The van der Waals surface area contributed by atoms with Crippen molar-refractivity contribution in [2.45, 2.75) is 26.6 Å². The molecular formula is C28H23F4N3O2. The van der Waals surface area contributed by atoms with E-state index in [2.05, 4.69) is 10.5 Å². The SMILES string of the molecule is Cc1cc(/C=N\NC(=O)c2cccc(C(F)(F)F)c2)c(C)n1-c1ccc(OCc2ccccc2F)cc1. The maximum absolute atomic E-state index is 13.8. The molecule has 0 unspecified atom stereocenters. The predicted molar refractivity (Wildman–Crippen MR) is 132 cm³/mol. The molecule has 0 aliphatic rings. The lowest BCUT2D eigenvalue weighted by atomic mass is 10.1. The summed E-state index contributed by atoms with van der Waals surface area (Å²) in [6.45, 7) is 3.90. The van der Waals surface area contributed by atoms with Gasteiger partial charge in [-0.1, -0.05) is 24.3 Å². The number of nitrogens with one attached hydrogen (secondary N) is 1. The molecule has 0 aliphatic carbocycles. The largest absolute Gasteiger partial charge is 0.489 e. The molecule has 1 heterocycles. The third-order valence-corrected chi connectivity index (χ3v) is 5.74. The Morgan fingerprint density at radius 1 is 1.00 bits per heavy atom. The van der Waals surface area contributed by atoms with E-state index in [1.54, 1.807) is 30.3 Å². The van der Waals surface area contributed by atoms with E-state index in [9.17, 15) is 22.4 Å². The molecule has 0 atom stereocenters. The van der Waals surface area contributed by atoms with Crippen molar-refractivity contribution in [1.82, 2.24) is 9.99 Å². The van der Waals surface area contributed by atoms with Crippen molar-refractivity contribution in [3.05, 3.63) is 118 Å². The third kappa shape index (κ3) is 6.06. The summed E-state index contributed by atoms with van der Waals surface area (Å²) in [5.41, 5.74) is 5.02. The Balaban J connectivity index is 1.43. The molecule has 1 aromatic heterocycles. The average Bonchev–Trinajstić information content (AvgIpc) is 3.16. The highest BCUT2D eigenvalue weighted by Gasteiger charge is 2.30. The van der Waals surface area contributed by atoms with Crippen molar-refractivity contribution >= 4 is 12.1 Å². The third-order valence-electron chi connectivity index (χ3n) is 5.74. The number of hydrazone groups is 1. The van der Waals surface area contributed by atoms with Gasteiger partial charge in [0.05, 0.1) is 11.8 Å². The zero-order valence-corrected chi connectivity index (χ0v) is 20.0. The maximum atomic E-state index is 13.8. The average molecular weight is 510 g/mol. The predicted octanol–water partition coefficient (Wildman–Crippen LogP) is 6.59. The summed E-state index contributed by atoms with van der Waals surface area (Å²) in [6, 6.07) is 19.8. The lowest BCUT2D eigenvalue weighted by molar-refractivity contribution is -0.137. The summed E-state index contributed by atoms with van der Waals surface area (Å²) in [5, 5.41) is 3.92. The van der Waals surface area contributed by atoms with Gasteiger partial charge in [0.25, 0.3) is 5.91 Å². The number of hydrogen-bond donors (Lipinski definition) is 1. The van der Waals surface area contributed by atoms with Crippen LogP contribution in [0, 0.1) is 19.7 Å². The van der Waals surface area contributed by atoms with Gasteiger partial charge >= 0.3 is 6.18 Å². The molecule has 9 heteroatoms. The molecule has 0 bridgehead atoms. The van der Waals surface area contributed by atoms with Crippen LogP contribution in [0.5, 0.6) is 5.75 Å². The van der Waals surface area contributed by atoms with Gasteiger partial charge < -0.3 is 9.30 Å². The van der Waals surface area contributed by atoms with E-state index in [1.165, 1.54) is 24.4 Å². The second kappa shape index (κ2) is 10.7. The molecule has 1 amide bonds. The molecule has 37 heavy (non-hydrogen) atoms. The fourth-order valence-corrected chi connectivity index (χ4v) is 3.85. The number of aromatic nitrogens is 1. The van der Waals surface area contributed by atoms with Crippen molar-refractivity contribution in [2.75, 3.05) is 0 Å². The number of benzene rings is 3. The van der Waals surface area contributed by atoms with E-state index >= 15 is 0 Å². The Labute approximate surface area is 211 Å². The minimum absolute atomic E-state index is 0.112. The standard InChI is InChI=1S/C28H23F4N3O2/c1-18-14-22(16-33-34-27(36)20-7-5-8-23(15-20)28(30,31)32)19(2)35(18)24-10-12-25(13-11-24)37-17-21-6-3-4-9-26(21)29/h3-16H,17H2,1-2H3,(H,34,36)/b33-16-. The molecule has 0 aliphatic heterocycles. The molecule has 0 spiro atoms. The van der Waals surface area contributed by atoms with Crippen molar-refractivity contribution in [2.24, 2.45) is 5.10 Å². The molecule has 0 radical (unpaired) electrons. The Morgan fingerprint density at radius 3 is 2.43 bits per heavy atom. The monoisotopic (exact) mass is 509 g/mol. The number of carbonyl (C=O) groups excluding carboxylic acids is 1. The highest BCUT2D eigenvalue weighted by Crippen LogP contribution is 2.29. The minimum Gasteiger partial charge on any atom is -0.489 e. The highest BCUT2D eigenvalue weighted by atomic mass is 19.4. The van der Waals surface area contributed by atoms with Gasteiger partial charge in [-0.05, 0) is 68.4 Å². The van der Waals surface area contributed by atoms with Crippen molar-refractivity contribution < 1.29 is 27.1 Å². The second-order valence-corrected chi connectivity index (χ2v) is 8.31. The van der Waals surface area contributed by atoms with E-state index in [1.807, 2.05) is 36.6 Å². The van der Waals surface area contributed by atoms with E-state index in [0.717, 1.165) is 34.8 Å². The van der Waals surface area contributed by atoms with Gasteiger partial charge in [-0.2, -0.15) is 18.3 Å². The molecule has 0 saturated carbocycles. The summed E-state index contributed by atoms with van der Waals surface area (Å²) in [6.07, 6.45) is -3.10. The quantitative estimate of drug-likeness (QED) is 0.174. The van der Waals surface area contributed by atoms with Crippen LogP contribution in [0.3, 0.4) is 0 Å². The number of hydrogen-bond acceptors (Lipinski definition) is 3. The first kappa shape index (κ1) is 25.7. The molecule has 4 aromatic rings. The zero-order valence-electron chi connectivity index (χ0n) is 20.0. The fraction of sp³-hybridized carbons (Fsp3) is 0.143. The second-order valence-electron chi connectivity index (χ2n) is 8.31. The van der Waals surface area contributed by atoms with Crippen LogP contribution in [-0.4, -0.2) is 16.7 Å². The van der Waals surface area contributed by atoms with Crippen LogP contribution in [-0.2, 0) is 12.8 Å². The Morgan fingerprint density at radius 2 is 1.73 bits per heavy atom. The number of amides is 1. The van der Waals surface area contributed by atoms with Gasteiger partial charge in [-0.15, -0.1) is 0 Å². The topological polar surface area (TPSA) is 55.6 Å². The van der Waals surface area contributed by atoms with Gasteiger partial charge in [-0.3, -0.25) is 4.79 Å². The molecular weight excluding hydrogens is 486 g/mol. The van der Waals surface area contributed by atoms with E-state index in [0.29, 0.717) is 11.3 Å². The van der Waals surface area contributed by atoms with E-state index < -0.39 is 17.6 Å². The van der Waals surface area contributed by atoms with Crippen molar-refractivity contribution in [3.63, 3.8) is 0 Å². The van der Waals surface area contributed by atoms with Crippen molar-refractivity contribution in [3.8, 4) is 11.4 Å². The Kier molecular flexibility index (Phi) is 7.42. The Bertz CT molecular complexity index is 1440. The minimum atomic E-state index is -4.54. The molecule has 5 nitrogen and oxygen atoms in total. The first-order chi connectivity index (χ1) is 17.6. The number of rotatable bonds is 7. The van der Waals surface area contributed by atoms with Crippen LogP contribution < -0.4 is 10.2 Å². The lowest BCUT2D eigenvalue weighted by Gasteiger charge is -2.12. The first-order valence-corrected chi connectivity index (χ1v) is 11.3. The van der Waals surface area contributed by atoms with Gasteiger partial charge in [0.1, 0.15) is 18.2 Å². The number of halogens is 4. The van der Waals surface area contributed by atoms with Gasteiger partial charge in [0, 0.05) is 33.8 Å². The fourth-order valence-electron chi connectivity index (χ4n) is 3.85. The van der Waals surface area contributed by atoms with Gasteiger partial charge in [0.2, 0.25) is 0 Å². The molecule has 1 N–H and O–H groups in total. The van der Waals surface area contributed by atoms with Gasteiger partial charge in [0.15, 0.2) is 0 Å². The summed E-state index contributed by atoms with van der Waals surface area (Å²) >= 11 is 0. The van der Waals surface area contributed by atoms with Crippen LogP contribution in [0.2, 0.25) is 0 Å². The summed E-state index contributed by atoms with van der Waals surface area (Å²) in [7, 11) is 0. The van der Waals surface area contributed by atoms with Crippen molar-refractivity contribution in [1.29, 1.82) is 0 Å². The Hall–Kier alpha value is -4.40. The molecule has 190 valence electrons. The zero-order chi connectivity index (χ0) is 26.6. The van der Waals surface area contributed by atoms with E-state index in [-0.39, 0.29) is 18.0 Å². The molecule has 0 saturated heterocycles. The highest BCUT2D eigenvalue weighted by molar-refractivity contribution is 5.95. The van der Waals surface area contributed by atoms with Crippen LogP contribution >= 0.6 is 0 Å². The summed E-state index contributed by atoms with van der Waals surface area (Å²) in [5.74, 6) is -0.478. The van der Waals surface area contributed by atoms with Crippen LogP contribution in [0.15, 0.2) is 84.0 Å². The first-order valence-electron chi connectivity index (χ1n) is 11.3. The smallest absolute Gasteiger partial charge is 0.416 e. The molecule has 4 rings (SSSR count). The van der Waals surface area contributed by atoms with Crippen LogP contribution in [0.4, 0.5) is 17.6 Å². The summed E-state index contributed by atoms with van der Waals surface area (Å²) < 4.78 is 60.1. The number of carbonyl (C=O) groups is 1. The molecule has 3 aromatic carbocycles. The van der Waals surface area contributed by atoms with Gasteiger partial charge in [-0.25, -0.2) is 9.82 Å². The number of aryl methyl sites for hydroxylation is 1. The van der Waals surface area contributed by atoms with Crippen LogP contribution in [0.25, 0.3) is 5.69 Å². The number of ether oxygens (including phenoxy) is 1.